The summed E-state index contributed by atoms with van der Waals surface area (Å²) in [5.74, 6) is -0.509. The Labute approximate surface area is 121 Å². The molecule has 1 heterocycles. The molecular formula is C12H10BrFN2O2S. The standard InChI is InChI=1S/C12H10BrFN2O2S/c1-7(12-9(13)4-5-19-12)15-11-6-8(16(17)18)2-3-10(11)14/h2-7,15H,1H3. The molecule has 7 heteroatoms. The number of rotatable bonds is 4. The molecule has 2 aromatic rings. The molecule has 0 saturated carbocycles. The Balaban J connectivity index is 2.26. The number of non-ortho nitro benzene ring substituents is 1. The van der Waals surface area contributed by atoms with E-state index in [4.69, 9.17) is 0 Å². The van der Waals surface area contributed by atoms with Gasteiger partial charge in [0.2, 0.25) is 0 Å². The predicted molar refractivity (Wildman–Crippen MR) is 77.1 cm³/mol. The van der Waals surface area contributed by atoms with Gasteiger partial charge in [0, 0.05) is 21.5 Å². The molecule has 0 bridgehead atoms. The second kappa shape index (κ2) is 5.66. The first-order chi connectivity index (χ1) is 8.99. The van der Waals surface area contributed by atoms with Crippen LogP contribution in [0.25, 0.3) is 0 Å². The number of nitro benzene ring substituents is 1. The number of nitrogens with one attached hydrogen (secondary N) is 1. The van der Waals surface area contributed by atoms with Crippen LogP contribution >= 0.6 is 27.3 Å². The summed E-state index contributed by atoms with van der Waals surface area (Å²) in [6.07, 6.45) is 0. The molecule has 4 nitrogen and oxygen atoms in total. The summed E-state index contributed by atoms with van der Waals surface area (Å²) in [6, 6.07) is 5.20. The van der Waals surface area contributed by atoms with Crippen molar-refractivity contribution in [3.05, 3.63) is 54.9 Å². The number of nitrogens with zero attached hydrogens (tertiary/aromatic N) is 1. The Morgan fingerprint density at radius 1 is 1.47 bits per heavy atom. The number of nitro groups is 1. The molecule has 1 unspecified atom stereocenters. The van der Waals surface area contributed by atoms with Crippen molar-refractivity contribution >= 4 is 38.6 Å². The van der Waals surface area contributed by atoms with Crippen LogP contribution in [0, 0.1) is 15.9 Å². The second-order valence-electron chi connectivity index (χ2n) is 3.92. The number of anilines is 1. The molecule has 0 saturated heterocycles. The molecule has 2 rings (SSSR count). The van der Waals surface area contributed by atoms with Crippen molar-refractivity contribution in [2.45, 2.75) is 13.0 Å². The zero-order valence-electron chi connectivity index (χ0n) is 9.89. The molecule has 0 fully saturated rings. The SMILES string of the molecule is CC(Nc1cc([N+](=O)[O-])ccc1F)c1sccc1Br. The molecule has 1 aromatic carbocycles. The van der Waals surface area contributed by atoms with Gasteiger partial charge >= 0.3 is 0 Å². The molecule has 1 aromatic heterocycles. The fourth-order valence-corrected chi connectivity index (χ4v) is 3.38. The van der Waals surface area contributed by atoms with Gasteiger partial charge in [0.05, 0.1) is 16.7 Å². The molecule has 0 radical (unpaired) electrons. The van der Waals surface area contributed by atoms with E-state index < -0.39 is 10.7 Å². The highest BCUT2D eigenvalue weighted by Crippen LogP contribution is 2.32. The van der Waals surface area contributed by atoms with Gasteiger partial charge in [0.1, 0.15) is 5.82 Å². The van der Waals surface area contributed by atoms with E-state index in [2.05, 4.69) is 21.2 Å². The minimum Gasteiger partial charge on any atom is -0.375 e. The first-order valence-corrected chi connectivity index (χ1v) is 7.09. The molecule has 19 heavy (non-hydrogen) atoms. The van der Waals surface area contributed by atoms with E-state index in [1.807, 2.05) is 18.4 Å². The molecule has 100 valence electrons. The lowest BCUT2D eigenvalue weighted by Gasteiger charge is -2.15. The van der Waals surface area contributed by atoms with Gasteiger partial charge in [0.15, 0.2) is 0 Å². The first kappa shape index (κ1) is 14.0. The van der Waals surface area contributed by atoms with Gasteiger partial charge in [-0.15, -0.1) is 11.3 Å². The van der Waals surface area contributed by atoms with Crippen LogP contribution in [-0.2, 0) is 0 Å². The van der Waals surface area contributed by atoms with Crippen LogP contribution < -0.4 is 5.32 Å². The predicted octanol–water partition coefficient (Wildman–Crippen LogP) is 4.73. The maximum absolute atomic E-state index is 13.6. The summed E-state index contributed by atoms with van der Waals surface area (Å²) in [5, 5.41) is 15.6. The topological polar surface area (TPSA) is 55.2 Å². The van der Waals surface area contributed by atoms with Crippen molar-refractivity contribution in [2.24, 2.45) is 0 Å². The monoisotopic (exact) mass is 344 g/mol. The smallest absolute Gasteiger partial charge is 0.271 e. The van der Waals surface area contributed by atoms with Gasteiger partial charge in [0.25, 0.3) is 5.69 Å². The highest BCUT2D eigenvalue weighted by molar-refractivity contribution is 9.10. The molecule has 0 spiro atoms. The van der Waals surface area contributed by atoms with Crippen LogP contribution in [-0.4, -0.2) is 4.92 Å². The molecule has 0 aliphatic heterocycles. The number of hydrogen-bond donors (Lipinski definition) is 1. The largest absolute Gasteiger partial charge is 0.375 e. The van der Waals surface area contributed by atoms with E-state index in [1.54, 1.807) is 0 Å². The van der Waals surface area contributed by atoms with E-state index >= 15 is 0 Å². The lowest BCUT2D eigenvalue weighted by molar-refractivity contribution is -0.384. The fourth-order valence-electron chi connectivity index (χ4n) is 1.65. The van der Waals surface area contributed by atoms with Gasteiger partial charge in [-0.25, -0.2) is 4.39 Å². The maximum atomic E-state index is 13.6. The van der Waals surface area contributed by atoms with Gasteiger partial charge < -0.3 is 5.32 Å². The number of benzene rings is 1. The van der Waals surface area contributed by atoms with Crippen molar-refractivity contribution in [1.29, 1.82) is 0 Å². The van der Waals surface area contributed by atoms with E-state index in [9.17, 15) is 14.5 Å². The van der Waals surface area contributed by atoms with Crippen molar-refractivity contribution in [2.75, 3.05) is 5.32 Å². The Kier molecular flexibility index (Phi) is 4.16. The maximum Gasteiger partial charge on any atom is 0.271 e. The van der Waals surface area contributed by atoms with Gasteiger partial charge in [-0.3, -0.25) is 10.1 Å². The molecule has 0 aliphatic carbocycles. The Bertz CT molecular complexity index is 618. The highest BCUT2D eigenvalue weighted by Gasteiger charge is 2.15. The quantitative estimate of drug-likeness (QED) is 0.644. The lowest BCUT2D eigenvalue weighted by atomic mass is 10.2. The number of halogens is 2. The summed E-state index contributed by atoms with van der Waals surface area (Å²) in [5.41, 5.74) is -0.0108. The molecular weight excluding hydrogens is 335 g/mol. The van der Waals surface area contributed by atoms with Crippen LogP contribution in [0.5, 0.6) is 0 Å². The van der Waals surface area contributed by atoms with Crippen molar-refractivity contribution in [1.82, 2.24) is 0 Å². The summed E-state index contributed by atoms with van der Waals surface area (Å²) in [6.45, 7) is 1.87. The molecule has 1 atom stereocenters. The lowest BCUT2D eigenvalue weighted by Crippen LogP contribution is -2.07. The normalized spacial score (nSPS) is 12.2. The molecule has 1 N–H and O–H groups in total. The van der Waals surface area contributed by atoms with Gasteiger partial charge in [-0.1, -0.05) is 0 Å². The number of hydrogen-bond acceptors (Lipinski definition) is 4. The summed E-state index contributed by atoms with van der Waals surface area (Å²) in [7, 11) is 0. The van der Waals surface area contributed by atoms with E-state index in [1.165, 1.54) is 17.4 Å². The first-order valence-electron chi connectivity index (χ1n) is 5.42. The summed E-state index contributed by atoms with van der Waals surface area (Å²) in [4.78, 5) is 11.1. The average Bonchev–Trinajstić information content (AvgIpc) is 2.78. The third kappa shape index (κ3) is 3.10. The molecule has 0 amide bonds. The van der Waals surface area contributed by atoms with Gasteiger partial charge in [-0.2, -0.15) is 0 Å². The van der Waals surface area contributed by atoms with Crippen molar-refractivity contribution < 1.29 is 9.31 Å². The zero-order chi connectivity index (χ0) is 14.0. The Morgan fingerprint density at radius 3 is 2.79 bits per heavy atom. The van der Waals surface area contributed by atoms with Crippen LogP contribution in [0.3, 0.4) is 0 Å². The minimum absolute atomic E-state index is 0.127. The third-order valence-corrected chi connectivity index (χ3v) is 4.62. The van der Waals surface area contributed by atoms with E-state index in [-0.39, 0.29) is 17.4 Å². The van der Waals surface area contributed by atoms with Crippen LogP contribution in [0.15, 0.2) is 34.1 Å². The molecule has 0 aliphatic rings. The summed E-state index contributed by atoms with van der Waals surface area (Å²) < 4.78 is 14.6. The van der Waals surface area contributed by atoms with Crippen LogP contribution in [0.2, 0.25) is 0 Å². The van der Waals surface area contributed by atoms with Crippen molar-refractivity contribution in [3.63, 3.8) is 0 Å². The Hall–Kier alpha value is -1.47. The minimum atomic E-state index is -0.545. The third-order valence-electron chi connectivity index (χ3n) is 2.57. The fraction of sp³-hybridized carbons (Fsp3) is 0.167. The highest BCUT2D eigenvalue weighted by atomic mass is 79.9. The Morgan fingerprint density at radius 2 is 2.21 bits per heavy atom. The van der Waals surface area contributed by atoms with Gasteiger partial charge in [-0.05, 0) is 40.4 Å². The summed E-state index contributed by atoms with van der Waals surface area (Å²) >= 11 is 4.93. The van der Waals surface area contributed by atoms with E-state index in [0.29, 0.717) is 0 Å². The van der Waals surface area contributed by atoms with Crippen molar-refractivity contribution in [3.8, 4) is 0 Å². The van der Waals surface area contributed by atoms with Crippen LogP contribution in [0.4, 0.5) is 15.8 Å². The second-order valence-corrected chi connectivity index (χ2v) is 5.72. The zero-order valence-corrected chi connectivity index (χ0v) is 12.3. The average molecular weight is 345 g/mol. The van der Waals surface area contributed by atoms with Crippen LogP contribution in [0.1, 0.15) is 17.8 Å². The van der Waals surface area contributed by atoms with E-state index in [0.717, 1.165) is 21.5 Å². The number of thiophene rings is 1.